The van der Waals surface area contributed by atoms with Crippen LogP contribution in [0.1, 0.15) is 65.7 Å². The van der Waals surface area contributed by atoms with Crippen molar-refractivity contribution < 1.29 is 4.79 Å². The largest absolute Gasteiger partial charge is 0.343 e. The molecule has 5 nitrogen and oxygen atoms in total. The number of hydrogen-bond acceptors (Lipinski definition) is 3. The van der Waals surface area contributed by atoms with Crippen LogP contribution in [0.25, 0.3) is 5.70 Å². The van der Waals surface area contributed by atoms with Crippen molar-refractivity contribution >= 4 is 11.6 Å². The smallest absolute Gasteiger partial charge is 0.219 e. The third kappa shape index (κ3) is 2.54. The van der Waals surface area contributed by atoms with Crippen LogP contribution in [-0.4, -0.2) is 38.9 Å². The highest BCUT2D eigenvalue weighted by Crippen LogP contribution is 2.65. The van der Waals surface area contributed by atoms with E-state index in [1.165, 1.54) is 50.6 Å². The van der Waals surface area contributed by atoms with Gasteiger partial charge in [-0.2, -0.15) is 0 Å². The molecule has 1 aromatic heterocycles. The lowest BCUT2D eigenvalue weighted by Gasteiger charge is -2.58. The summed E-state index contributed by atoms with van der Waals surface area (Å²) in [5.74, 6) is 3.28. The van der Waals surface area contributed by atoms with Gasteiger partial charge in [-0.1, -0.05) is 25.1 Å². The van der Waals surface area contributed by atoms with Gasteiger partial charge in [-0.25, -0.2) is 4.68 Å². The fourth-order valence-corrected chi connectivity index (χ4v) is 7.76. The Hall–Kier alpha value is -1.65. The molecule has 1 saturated heterocycles. The van der Waals surface area contributed by atoms with Crippen molar-refractivity contribution in [2.24, 2.45) is 34.5 Å². The maximum Gasteiger partial charge on any atom is 0.219 e. The minimum atomic E-state index is 0.230. The van der Waals surface area contributed by atoms with E-state index in [1.54, 1.807) is 13.1 Å². The number of fused-ring (bicyclic) bond motifs is 5. The SMILES string of the molecule is CC(=O)N1CCC[C@]2(C)C3CC[C@]4(C)C(n5ccnn5)=CC[C@H]4[C@@H]3CC[C@H]2C1. The summed E-state index contributed by atoms with van der Waals surface area (Å²) in [5.41, 5.74) is 2.00. The zero-order chi connectivity index (χ0) is 19.5. The van der Waals surface area contributed by atoms with Gasteiger partial charge in [-0.3, -0.25) is 4.79 Å². The Morgan fingerprint density at radius 3 is 2.79 bits per heavy atom. The Morgan fingerprint density at radius 2 is 2.04 bits per heavy atom. The second kappa shape index (κ2) is 6.43. The molecule has 152 valence electrons. The highest BCUT2D eigenvalue weighted by molar-refractivity contribution is 5.73. The van der Waals surface area contributed by atoms with Crippen molar-refractivity contribution in [1.29, 1.82) is 0 Å². The normalized spacial score (nSPS) is 42.8. The molecular weight excluding hydrogens is 348 g/mol. The fraction of sp³-hybridized carbons (Fsp3) is 0.783. The predicted octanol–water partition coefficient (Wildman–Crippen LogP) is 4.23. The Kier molecular flexibility index (Phi) is 4.22. The van der Waals surface area contributed by atoms with Crippen LogP contribution in [0.3, 0.4) is 0 Å². The standard InChI is InChI=1S/C23H34N4O/c1-16(28)26-13-4-10-22(2)17(15-26)5-6-18-19-7-8-21(27-14-12-24-25-27)23(19,3)11-9-20(18)22/h8,12,14,17-20H,4-7,9-11,13,15H2,1-3H3/t17-,18-,19-,20?,22-,23-/m0/s1. The summed E-state index contributed by atoms with van der Waals surface area (Å²) >= 11 is 0. The molecule has 2 saturated carbocycles. The van der Waals surface area contributed by atoms with Gasteiger partial charge in [0.2, 0.25) is 5.91 Å². The van der Waals surface area contributed by atoms with Crippen LogP contribution >= 0.6 is 0 Å². The molecule has 3 aliphatic carbocycles. The van der Waals surface area contributed by atoms with Gasteiger partial charge < -0.3 is 4.90 Å². The molecule has 1 aromatic rings. The lowest BCUT2D eigenvalue weighted by molar-refractivity contribution is -0.131. The van der Waals surface area contributed by atoms with Crippen molar-refractivity contribution in [1.82, 2.24) is 19.9 Å². The first-order valence-corrected chi connectivity index (χ1v) is 11.3. The molecule has 0 radical (unpaired) electrons. The van der Waals surface area contributed by atoms with E-state index in [0.717, 1.165) is 30.8 Å². The summed E-state index contributed by atoms with van der Waals surface area (Å²) < 4.78 is 2.02. The monoisotopic (exact) mass is 382 g/mol. The molecule has 5 heteroatoms. The van der Waals surface area contributed by atoms with Crippen molar-refractivity contribution in [2.75, 3.05) is 13.1 Å². The molecule has 3 fully saturated rings. The molecule has 6 atom stereocenters. The summed E-state index contributed by atoms with van der Waals surface area (Å²) in [6.07, 6.45) is 15.1. The molecule has 5 rings (SSSR count). The Balaban J connectivity index is 1.42. The van der Waals surface area contributed by atoms with Gasteiger partial charge in [0.1, 0.15) is 0 Å². The number of nitrogens with zero attached hydrogens (tertiary/aromatic N) is 4. The molecule has 0 bridgehead atoms. The Labute approximate surface area is 168 Å². The fourth-order valence-electron chi connectivity index (χ4n) is 7.76. The topological polar surface area (TPSA) is 51.0 Å². The average molecular weight is 383 g/mol. The Morgan fingerprint density at radius 1 is 1.18 bits per heavy atom. The van der Waals surface area contributed by atoms with E-state index in [0.29, 0.717) is 11.3 Å². The van der Waals surface area contributed by atoms with E-state index in [9.17, 15) is 4.79 Å². The van der Waals surface area contributed by atoms with E-state index in [-0.39, 0.29) is 11.3 Å². The summed E-state index contributed by atoms with van der Waals surface area (Å²) in [7, 11) is 0. The molecule has 1 aliphatic heterocycles. The van der Waals surface area contributed by atoms with Crippen molar-refractivity contribution in [3.63, 3.8) is 0 Å². The molecule has 2 heterocycles. The second-order valence-electron chi connectivity index (χ2n) is 10.4. The van der Waals surface area contributed by atoms with E-state index in [1.807, 2.05) is 10.9 Å². The summed E-state index contributed by atoms with van der Waals surface area (Å²) in [6.45, 7) is 8.74. The number of aromatic nitrogens is 3. The first-order chi connectivity index (χ1) is 13.4. The van der Waals surface area contributed by atoms with E-state index in [4.69, 9.17) is 0 Å². The molecule has 0 aromatic carbocycles. The second-order valence-corrected chi connectivity index (χ2v) is 10.4. The van der Waals surface area contributed by atoms with Crippen LogP contribution < -0.4 is 0 Å². The molecule has 0 N–H and O–H groups in total. The van der Waals surface area contributed by atoms with Gasteiger partial charge >= 0.3 is 0 Å². The zero-order valence-electron chi connectivity index (χ0n) is 17.6. The third-order valence-electron chi connectivity index (χ3n) is 9.30. The summed E-state index contributed by atoms with van der Waals surface area (Å²) in [6, 6.07) is 0. The first-order valence-electron chi connectivity index (χ1n) is 11.3. The lowest BCUT2D eigenvalue weighted by Crippen LogP contribution is -2.52. The molecule has 28 heavy (non-hydrogen) atoms. The zero-order valence-corrected chi connectivity index (χ0v) is 17.6. The van der Waals surface area contributed by atoms with Gasteiger partial charge in [0.25, 0.3) is 0 Å². The molecular formula is C23H34N4O. The number of hydrogen-bond donors (Lipinski definition) is 0. The maximum absolute atomic E-state index is 12.1. The number of rotatable bonds is 1. The van der Waals surface area contributed by atoms with Gasteiger partial charge in [0.15, 0.2) is 0 Å². The van der Waals surface area contributed by atoms with Crippen molar-refractivity contribution in [2.45, 2.75) is 65.7 Å². The van der Waals surface area contributed by atoms with Gasteiger partial charge in [0.05, 0.1) is 12.4 Å². The van der Waals surface area contributed by atoms with Crippen LogP contribution in [-0.2, 0) is 4.79 Å². The summed E-state index contributed by atoms with van der Waals surface area (Å²) in [4.78, 5) is 14.2. The minimum absolute atomic E-state index is 0.230. The lowest BCUT2D eigenvalue weighted by atomic mass is 9.47. The summed E-state index contributed by atoms with van der Waals surface area (Å²) in [5, 5.41) is 8.37. The number of carbonyl (C=O) groups excluding carboxylic acids is 1. The first kappa shape index (κ1) is 18.4. The number of carbonyl (C=O) groups is 1. The third-order valence-corrected chi connectivity index (χ3v) is 9.30. The van der Waals surface area contributed by atoms with E-state index in [2.05, 4.69) is 35.1 Å². The number of likely N-dealkylation sites (tertiary alicyclic amines) is 1. The maximum atomic E-state index is 12.1. The Bertz CT molecular complexity index is 787. The van der Waals surface area contributed by atoms with E-state index < -0.39 is 0 Å². The van der Waals surface area contributed by atoms with Crippen LogP contribution in [0.5, 0.6) is 0 Å². The predicted molar refractivity (Wildman–Crippen MR) is 109 cm³/mol. The highest BCUT2D eigenvalue weighted by atomic mass is 16.2. The molecule has 1 unspecified atom stereocenters. The average Bonchev–Trinajstić information content (AvgIpc) is 3.25. The van der Waals surface area contributed by atoms with Gasteiger partial charge in [0, 0.05) is 31.1 Å². The van der Waals surface area contributed by atoms with Crippen LogP contribution in [0.2, 0.25) is 0 Å². The van der Waals surface area contributed by atoms with Gasteiger partial charge in [-0.05, 0) is 74.0 Å². The highest BCUT2D eigenvalue weighted by Gasteiger charge is 2.58. The molecule has 0 spiro atoms. The molecule has 4 aliphatic rings. The van der Waals surface area contributed by atoms with Crippen LogP contribution in [0.15, 0.2) is 18.5 Å². The van der Waals surface area contributed by atoms with Crippen LogP contribution in [0.4, 0.5) is 0 Å². The van der Waals surface area contributed by atoms with Gasteiger partial charge in [-0.15, -0.1) is 5.10 Å². The minimum Gasteiger partial charge on any atom is -0.343 e. The van der Waals surface area contributed by atoms with Crippen molar-refractivity contribution in [3.05, 3.63) is 18.5 Å². The number of amides is 1. The van der Waals surface area contributed by atoms with Crippen LogP contribution in [0, 0.1) is 34.5 Å². The number of allylic oxidation sites excluding steroid dienone is 2. The quantitative estimate of drug-likeness (QED) is 0.730. The molecule has 1 amide bonds. The van der Waals surface area contributed by atoms with Crippen molar-refractivity contribution in [3.8, 4) is 0 Å². The van der Waals surface area contributed by atoms with E-state index >= 15 is 0 Å².